The Morgan fingerprint density at radius 3 is 2.84 bits per heavy atom. The number of hydrogen-bond donors (Lipinski definition) is 2. The van der Waals surface area contributed by atoms with Crippen molar-refractivity contribution in [2.24, 2.45) is 7.05 Å². The molecule has 0 atom stereocenters. The van der Waals surface area contributed by atoms with Gasteiger partial charge in [-0.2, -0.15) is 5.10 Å². The van der Waals surface area contributed by atoms with Gasteiger partial charge in [-0.15, -0.1) is 0 Å². The van der Waals surface area contributed by atoms with Crippen molar-refractivity contribution in [3.63, 3.8) is 0 Å². The minimum absolute atomic E-state index is 0.158. The van der Waals surface area contributed by atoms with Gasteiger partial charge in [0.05, 0.1) is 5.69 Å². The summed E-state index contributed by atoms with van der Waals surface area (Å²) in [6.07, 6.45) is 3.57. The smallest absolute Gasteiger partial charge is 0.279 e. The van der Waals surface area contributed by atoms with Gasteiger partial charge >= 0.3 is 0 Å². The van der Waals surface area contributed by atoms with Crippen molar-refractivity contribution in [3.8, 4) is 0 Å². The Morgan fingerprint density at radius 2 is 2.21 bits per heavy atom. The Bertz CT molecular complexity index is 656. The van der Waals surface area contributed by atoms with Crippen molar-refractivity contribution in [2.45, 2.75) is 20.4 Å². The fourth-order valence-electron chi connectivity index (χ4n) is 1.86. The SMILES string of the molecule is Cc1nn(C)c(=O)c(C(=O)NCc2cc[nH]c2)c1C. The number of carbonyl (C=O) groups excluding carboxylic acids is 1. The fourth-order valence-corrected chi connectivity index (χ4v) is 1.86. The van der Waals surface area contributed by atoms with Crippen LogP contribution in [0, 0.1) is 13.8 Å². The zero-order valence-corrected chi connectivity index (χ0v) is 11.2. The molecule has 6 nitrogen and oxygen atoms in total. The van der Waals surface area contributed by atoms with Gasteiger partial charge < -0.3 is 10.3 Å². The van der Waals surface area contributed by atoms with E-state index in [9.17, 15) is 9.59 Å². The van der Waals surface area contributed by atoms with Gasteiger partial charge in [0, 0.05) is 26.0 Å². The van der Waals surface area contributed by atoms with E-state index in [4.69, 9.17) is 0 Å². The zero-order valence-electron chi connectivity index (χ0n) is 11.2. The third-order valence-electron chi connectivity index (χ3n) is 3.07. The summed E-state index contributed by atoms with van der Waals surface area (Å²) in [6.45, 7) is 3.89. The van der Waals surface area contributed by atoms with Crippen molar-refractivity contribution in [1.29, 1.82) is 0 Å². The standard InChI is InChI=1S/C13H16N4O2/c1-8-9(2)16-17(3)13(19)11(8)12(18)15-7-10-4-5-14-6-10/h4-6,14H,7H2,1-3H3,(H,15,18). The topological polar surface area (TPSA) is 79.8 Å². The Kier molecular flexibility index (Phi) is 3.50. The van der Waals surface area contributed by atoms with Gasteiger partial charge in [0.2, 0.25) is 0 Å². The molecule has 0 radical (unpaired) electrons. The van der Waals surface area contributed by atoms with E-state index in [1.807, 2.05) is 6.07 Å². The lowest BCUT2D eigenvalue weighted by Gasteiger charge is -2.09. The van der Waals surface area contributed by atoms with E-state index in [1.54, 1.807) is 26.2 Å². The van der Waals surface area contributed by atoms with Crippen LogP contribution in [0.25, 0.3) is 0 Å². The monoisotopic (exact) mass is 260 g/mol. The number of carbonyl (C=O) groups is 1. The normalized spacial score (nSPS) is 10.5. The molecule has 2 aromatic heterocycles. The minimum atomic E-state index is -0.380. The van der Waals surface area contributed by atoms with Crippen LogP contribution in [-0.2, 0) is 13.6 Å². The van der Waals surface area contributed by atoms with E-state index >= 15 is 0 Å². The molecule has 0 saturated heterocycles. The zero-order chi connectivity index (χ0) is 14.0. The first kappa shape index (κ1) is 13.1. The Labute approximate surface area is 110 Å². The van der Waals surface area contributed by atoms with Crippen LogP contribution in [-0.4, -0.2) is 20.7 Å². The Hall–Kier alpha value is -2.37. The predicted molar refractivity (Wildman–Crippen MR) is 70.9 cm³/mol. The Balaban J connectivity index is 2.26. The van der Waals surface area contributed by atoms with Gasteiger partial charge in [-0.05, 0) is 31.0 Å². The van der Waals surface area contributed by atoms with Crippen molar-refractivity contribution in [1.82, 2.24) is 20.1 Å². The van der Waals surface area contributed by atoms with Crippen LogP contribution in [0.15, 0.2) is 23.3 Å². The molecule has 0 saturated carbocycles. The highest BCUT2D eigenvalue weighted by Crippen LogP contribution is 2.06. The largest absolute Gasteiger partial charge is 0.367 e. The highest BCUT2D eigenvalue weighted by molar-refractivity contribution is 5.95. The van der Waals surface area contributed by atoms with Crippen molar-refractivity contribution in [2.75, 3.05) is 0 Å². The summed E-state index contributed by atoms with van der Waals surface area (Å²) in [6, 6.07) is 1.86. The molecule has 6 heteroatoms. The van der Waals surface area contributed by atoms with Gasteiger partial charge in [0.1, 0.15) is 5.56 Å². The number of aromatic nitrogens is 3. The van der Waals surface area contributed by atoms with E-state index in [1.165, 1.54) is 11.7 Å². The molecule has 19 heavy (non-hydrogen) atoms. The fraction of sp³-hybridized carbons (Fsp3) is 0.308. The van der Waals surface area contributed by atoms with Crippen LogP contribution in [0.5, 0.6) is 0 Å². The second-order valence-corrected chi connectivity index (χ2v) is 4.42. The number of hydrogen-bond acceptors (Lipinski definition) is 3. The molecule has 0 aromatic carbocycles. The number of rotatable bonds is 3. The van der Waals surface area contributed by atoms with E-state index in [-0.39, 0.29) is 17.0 Å². The van der Waals surface area contributed by atoms with Gasteiger partial charge in [-0.25, -0.2) is 4.68 Å². The molecule has 2 rings (SSSR count). The Morgan fingerprint density at radius 1 is 1.47 bits per heavy atom. The maximum atomic E-state index is 12.1. The van der Waals surface area contributed by atoms with Crippen LogP contribution in [0.1, 0.15) is 27.2 Å². The van der Waals surface area contributed by atoms with Crippen LogP contribution in [0.3, 0.4) is 0 Å². The van der Waals surface area contributed by atoms with Gasteiger partial charge in [0.25, 0.3) is 11.5 Å². The molecule has 0 spiro atoms. The first-order chi connectivity index (χ1) is 9.00. The third-order valence-corrected chi connectivity index (χ3v) is 3.07. The molecule has 0 aliphatic rings. The van der Waals surface area contributed by atoms with Crippen LogP contribution in [0.4, 0.5) is 0 Å². The molecule has 0 unspecified atom stereocenters. The second kappa shape index (κ2) is 5.09. The molecule has 2 heterocycles. The van der Waals surface area contributed by atoms with Crippen molar-refractivity contribution in [3.05, 3.63) is 51.2 Å². The number of aromatic amines is 1. The van der Waals surface area contributed by atoms with Crippen molar-refractivity contribution >= 4 is 5.91 Å². The highest BCUT2D eigenvalue weighted by atomic mass is 16.2. The lowest BCUT2D eigenvalue weighted by molar-refractivity contribution is 0.0947. The molecule has 100 valence electrons. The summed E-state index contributed by atoms with van der Waals surface area (Å²) in [4.78, 5) is 27.0. The number of amides is 1. The number of nitrogens with one attached hydrogen (secondary N) is 2. The first-order valence-corrected chi connectivity index (χ1v) is 5.95. The third kappa shape index (κ3) is 2.57. The van der Waals surface area contributed by atoms with Gasteiger partial charge in [-0.1, -0.05) is 0 Å². The molecule has 2 aromatic rings. The summed E-state index contributed by atoms with van der Waals surface area (Å²) < 4.78 is 1.19. The molecular formula is C13H16N4O2. The van der Waals surface area contributed by atoms with Gasteiger partial charge in [0.15, 0.2) is 0 Å². The van der Waals surface area contributed by atoms with Crippen LogP contribution >= 0.6 is 0 Å². The average Bonchev–Trinajstić information content (AvgIpc) is 2.87. The predicted octanol–water partition coefficient (Wildman–Crippen LogP) is 0.655. The second-order valence-electron chi connectivity index (χ2n) is 4.42. The summed E-state index contributed by atoms with van der Waals surface area (Å²) in [5.41, 5.74) is 2.03. The maximum absolute atomic E-state index is 12.1. The van der Waals surface area contributed by atoms with E-state index < -0.39 is 0 Å². The number of nitrogens with zero attached hydrogens (tertiary/aromatic N) is 2. The summed E-state index contributed by atoms with van der Waals surface area (Å²) in [5.74, 6) is -0.371. The van der Waals surface area contributed by atoms with E-state index in [0.29, 0.717) is 17.8 Å². The van der Waals surface area contributed by atoms with E-state index in [0.717, 1.165) is 5.56 Å². The molecule has 0 aliphatic heterocycles. The minimum Gasteiger partial charge on any atom is -0.367 e. The van der Waals surface area contributed by atoms with E-state index in [2.05, 4.69) is 15.4 Å². The lowest BCUT2D eigenvalue weighted by atomic mass is 10.1. The summed E-state index contributed by atoms with van der Waals surface area (Å²) in [5, 5.41) is 6.78. The van der Waals surface area contributed by atoms with Crippen LogP contribution < -0.4 is 10.9 Å². The molecular weight excluding hydrogens is 244 g/mol. The quantitative estimate of drug-likeness (QED) is 0.850. The molecule has 1 amide bonds. The molecule has 0 aliphatic carbocycles. The molecule has 0 fully saturated rings. The summed E-state index contributed by atoms with van der Waals surface area (Å²) >= 11 is 0. The van der Waals surface area contributed by atoms with Crippen molar-refractivity contribution < 1.29 is 4.79 Å². The highest BCUT2D eigenvalue weighted by Gasteiger charge is 2.17. The molecule has 2 N–H and O–H groups in total. The number of H-pyrrole nitrogens is 1. The number of aryl methyl sites for hydroxylation is 2. The van der Waals surface area contributed by atoms with Crippen LogP contribution in [0.2, 0.25) is 0 Å². The molecule has 0 bridgehead atoms. The lowest BCUT2D eigenvalue weighted by Crippen LogP contribution is -2.34. The first-order valence-electron chi connectivity index (χ1n) is 5.95. The average molecular weight is 260 g/mol. The van der Waals surface area contributed by atoms with Gasteiger partial charge in [-0.3, -0.25) is 9.59 Å². The summed E-state index contributed by atoms with van der Waals surface area (Å²) in [7, 11) is 1.54. The maximum Gasteiger partial charge on any atom is 0.279 e.